The number of piperidine rings is 1. The first-order chi connectivity index (χ1) is 16.0. The normalized spacial score (nSPS) is 14.7. The summed E-state index contributed by atoms with van der Waals surface area (Å²) in [5.41, 5.74) is 3.75. The van der Waals surface area contributed by atoms with Crippen LogP contribution in [0.1, 0.15) is 42.2 Å². The third-order valence-electron chi connectivity index (χ3n) is 5.90. The standard InChI is InChI=1S/C25H28N6O2/c1-18-14-19(2)16-21(15-18)31(11-5-9-26)23(32)17-30-12-7-20(8-13-30)25-28-24(29-33-25)22-6-3-4-10-27-22/h3-4,6,10,14-16,20H,5,7-8,11-13,17H2,1-2H3. The number of nitrogens with zero attached hydrogens (tertiary/aromatic N) is 6. The third-order valence-corrected chi connectivity index (χ3v) is 5.90. The molecule has 1 fully saturated rings. The second-order valence-corrected chi connectivity index (χ2v) is 8.52. The summed E-state index contributed by atoms with van der Waals surface area (Å²) in [5, 5.41) is 13.1. The van der Waals surface area contributed by atoms with Crippen LogP contribution in [0.25, 0.3) is 11.5 Å². The molecule has 0 atom stereocenters. The number of benzene rings is 1. The summed E-state index contributed by atoms with van der Waals surface area (Å²) >= 11 is 0. The van der Waals surface area contributed by atoms with Gasteiger partial charge in [0, 0.05) is 24.3 Å². The average molecular weight is 445 g/mol. The van der Waals surface area contributed by atoms with Crippen molar-refractivity contribution in [1.82, 2.24) is 20.0 Å². The molecule has 0 unspecified atom stereocenters. The van der Waals surface area contributed by atoms with Gasteiger partial charge in [0.25, 0.3) is 0 Å². The van der Waals surface area contributed by atoms with E-state index in [1.54, 1.807) is 11.1 Å². The summed E-state index contributed by atoms with van der Waals surface area (Å²) in [5.74, 6) is 1.33. The number of amides is 1. The number of aromatic nitrogens is 3. The van der Waals surface area contributed by atoms with Crippen molar-refractivity contribution in [3.05, 3.63) is 59.6 Å². The molecule has 1 aromatic carbocycles. The highest BCUT2D eigenvalue weighted by atomic mass is 16.5. The molecule has 8 nitrogen and oxygen atoms in total. The second kappa shape index (κ2) is 10.4. The zero-order valence-electron chi connectivity index (χ0n) is 19.1. The van der Waals surface area contributed by atoms with E-state index in [0.717, 1.165) is 42.7 Å². The van der Waals surface area contributed by atoms with Gasteiger partial charge in [-0.1, -0.05) is 17.3 Å². The molecule has 1 saturated heterocycles. The quantitative estimate of drug-likeness (QED) is 0.545. The first-order valence-corrected chi connectivity index (χ1v) is 11.3. The summed E-state index contributed by atoms with van der Waals surface area (Å²) in [6.07, 6.45) is 3.70. The van der Waals surface area contributed by atoms with Crippen LogP contribution in [0.4, 0.5) is 5.69 Å². The second-order valence-electron chi connectivity index (χ2n) is 8.52. The molecule has 4 rings (SSSR count). The smallest absolute Gasteiger partial charge is 0.241 e. The fraction of sp³-hybridized carbons (Fsp3) is 0.400. The van der Waals surface area contributed by atoms with Crippen LogP contribution >= 0.6 is 0 Å². The summed E-state index contributed by atoms with van der Waals surface area (Å²) < 4.78 is 5.51. The maximum absolute atomic E-state index is 13.2. The molecule has 1 aliphatic rings. The number of rotatable bonds is 7. The van der Waals surface area contributed by atoms with Gasteiger partial charge in [-0.05, 0) is 75.2 Å². The van der Waals surface area contributed by atoms with Crippen molar-refractivity contribution >= 4 is 11.6 Å². The highest BCUT2D eigenvalue weighted by Gasteiger charge is 2.28. The lowest BCUT2D eigenvalue weighted by Crippen LogP contribution is -2.43. The number of carbonyl (C=O) groups excluding carboxylic acids is 1. The maximum atomic E-state index is 13.2. The molecule has 1 amide bonds. The van der Waals surface area contributed by atoms with Crippen LogP contribution in [0.15, 0.2) is 47.1 Å². The van der Waals surface area contributed by atoms with Crippen LogP contribution < -0.4 is 4.90 Å². The molecule has 0 N–H and O–H groups in total. The molecule has 8 heteroatoms. The predicted octanol–water partition coefficient (Wildman–Crippen LogP) is 3.87. The molecule has 0 bridgehead atoms. The van der Waals surface area contributed by atoms with E-state index in [2.05, 4.69) is 32.2 Å². The van der Waals surface area contributed by atoms with Crippen LogP contribution in [0.2, 0.25) is 0 Å². The van der Waals surface area contributed by atoms with Crippen molar-refractivity contribution in [3.63, 3.8) is 0 Å². The lowest BCUT2D eigenvalue weighted by molar-refractivity contribution is -0.120. The number of hydrogen-bond donors (Lipinski definition) is 0. The number of pyridine rings is 1. The van der Waals surface area contributed by atoms with E-state index in [-0.39, 0.29) is 11.8 Å². The molecule has 0 radical (unpaired) electrons. The molecule has 33 heavy (non-hydrogen) atoms. The van der Waals surface area contributed by atoms with Gasteiger partial charge in [0.15, 0.2) is 0 Å². The van der Waals surface area contributed by atoms with Crippen molar-refractivity contribution in [2.24, 2.45) is 0 Å². The molecule has 1 aliphatic heterocycles. The van der Waals surface area contributed by atoms with Gasteiger partial charge >= 0.3 is 0 Å². The Labute approximate surface area is 193 Å². The minimum absolute atomic E-state index is 0.0175. The van der Waals surface area contributed by atoms with Crippen LogP contribution in [0.5, 0.6) is 0 Å². The van der Waals surface area contributed by atoms with Crippen LogP contribution in [0.3, 0.4) is 0 Å². The molecule has 3 aromatic rings. The van der Waals surface area contributed by atoms with Crippen LogP contribution in [-0.2, 0) is 4.79 Å². The van der Waals surface area contributed by atoms with Crippen molar-refractivity contribution in [2.75, 3.05) is 31.1 Å². The average Bonchev–Trinajstić information content (AvgIpc) is 3.30. The number of aryl methyl sites for hydroxylation is 2. The first-order valence-electron chi connectivity index (χ1n) is 11.3. The highest BCUT2D eigenvalue weighted by Crippen LogP contribution is 2.28. The van der Waals surface area contributed by atoms with Crippen molar-refractivity contribution in [3.8, 4) is 17.6 Å². The number of carbonyl (C=O) groups is 1. The van der Waals surface area contributed by atoms with E-state index >= 15 is 0 Å². The molecule has 170 valence electrons. The van der Waals surface area contributed by atoms with E-state index in [0.29, 0.717) is 36.9 Å². The first kappa shape index (κ1) is 22.6. The fourth-order valence-corrected chi connectivity index (χ4v) is 4.28. The van der Waals surface area contributed by atoms with Gasteiger partial charge in [-0.15, -0.1) is 0 Å². The zero-order chi connectivity index (χ0) is 23.2. The highest BCUT2D eigenvalue weighted by molar-refractivity contribution is 5.95. The SMILES string of the molecule is Cc1cc(C)cc(N(CCC#N)C(=O)CN2CCC(c3nc(-c4ccccn4)no3)CC2)c1. The van der Waals surface area contributed by atoms with Gasteiger partial charge < -0.3 is 9.42 Å². The molecule has 0 saturated carbocycles. The van der Waals surface area contributed by atoms with E-state index in [4.69, 9.17) is 9.78 Å². The zero-order valence-corrected chi connectivity index (χ0v) is 19.1. The van der Waals surface area contributed by atoms with E-state index in [1.807, 2.05) is 44.2 Å². The summed E-state index contributed by atoms with van der Waals surface area (Å²) in [7, 11) is 0. The van der Waals surface area contributed by atoms with Crippen LogP contribution in [0, 0.1) is 25.2 Å². The Kier molecular flexibility index (Phi) is 7.10. The molecular formula is C25H28N6O2. The molecule has 0 spiro atoms. The summed E-state index contributed by atoms with van der Waals surface area (Å²) in [6.45, 7) is 6.31. The van der Waals surface area contributed by atoms with E-state index in [9.17, 15) is 4.79 Å². The minimum Gasteiger partial charge on any atom is -0.339 e. The Bertz CT molecular complexity index is 1110. The van der Waals surface area contributed by atoms with Gasteiger partial charge in [-0.3, -0.25) is 14.7 Å². The van der Waals surface area contributed by atoms with Gasteiger partial charge in [-0.25, -0.2) is 0 Å². The van der Waals surface area contributed by atoms with Crippen molar-refractivity contribution < 1.29 is 9.32 Å². The van der Waals surface area contributed by atoms with Gasteiger partial charge in [0.1, 0.15) is 5.69 Å². The fourth-order valence-electron chi connectivity index (χ4n) is 4.28. The van der Waals surface area contributed by atoms with Crippen LogP contribution in [-0.4, -0.2) is 52.1 Å². The van der Waals surface area contributed by atoms with E-state index < -0.39 is 0 Å². The Morgan fingerprint density at radius 3 is 2.64 bits per heavy atom. The Morgan fingerprint density at radius 1 is 1.21 bits per heavy atom. The number of likely N-dealkylation sites (tertiary alicyclic amines) is 1. The molecule has 3 heterocycles. The van der Waals surface area contributed by atoms with Gasteiger partial charge in [0.05, 0.1) is 19.0 Å². The maximum Gasteiger partial charge on any atom is 0.241 e. The topological polar surface area (TPSA) is 99.2 Å². The predicted molar refractivity (Wildman–Crippen MR) is 124 cm³/mol. The summed E-state index contributed by atoms with van der Waals surface area (Å²) in [6, 6.07) is 13.8. The van der Waals surface area contributed by atoms with Crippen molar-refractivity contribution in [2.45, 2.75) is 39.0 Å². The molecule has 2 aromatic heterocycles. The number of anilines is 1. The summed E-state index contributed by atoms with van der Waals surface area (Å²) in [4.78, 5) is 25.9. The largest absolute Gasteiger partial charge is 0.339 e. The van der Waals surface area contributed by atoms with Gasteiger partial charge in [-0.2, -0.15) is 10.2 Å². The Morgan fingerprint density at radius 2 is 1.97 bits per heavy atom. The molecule has 0 aliphatic carbocycles. The Hall–Kier alpha value is -3.57. The van der Waals surface area contributed by atoms with E-state index in [1.165, 1.54) is 0 Å². The number of hydrogen-bond acceptors (Lipinski definition) is 7. The monoisotopic (exact) mass is 444 g/mol. The van der Waals surface area contributed by atoms with Crippen molar-refractivity contribution in [1.29, 1.82) is 5.26 Å². The minimum atomic E-state index is 0.0175. The number of nitriles is 1. The molecular weight excluding hydrogens is 416 g/mol. The lowest BCUT2D eigenvalue weighted by atomic mass is 9.97. The Balaban J connectivity index is 1.37. The lowest BCUT2D eigenvalue weighted by Gasteiger charge is -2.32. The third kappa shape index (κ3) is 5.62. The van der Waals surface area contributed by atoms with Gasteiger partial charge in [0.2, 0.25) is 17.6 Å².